The standard InChI is InChI=1S/C26H34N4O2/c1-20-8-9-21(14-27-20)15-29-19-26(11-4-5-12-26)30(25(29)32)18-24(31)17-28-13-10-22-6-2-3-7-23(22)16-28/h2-3,6-9,14,24,31H,4-5,10-13,15-19H2,1H3. The number of hydrogen-bond acceptors (Lipinski definition) is 4. The minimum Gasteiger partial charge on any atom is -0.390 e. The van der Waals surface area contributed by atoms with Crippen molar-refractivity contribution < 1.29 is 9.90 Å². The minimum absolute atomic E-state index is 0.0653. The van der Waals surface area contributed by atoms with Gasteiger partial charge in [0.2, 0.25) is 0 Å². The van der Waals surface area contributed by atoms with Crippen molar-refractivity contribution in [2.24, 2.45) is 0 Å². The molecule has 1 saturated carbocycles. The Morgan fingerprint density at radius 3 is 2.62 bits per heavy atom. The molecule has 1 saturated heterocycles. The highest BCUT2D eigenvalue weighted by Gasteiger charge is 2.51. The number of aliphatic hydroxyl groups is 1. The molecular weight excluding hydrogens is 400 g/mol. The fourth-order valence-corrected chi connectivity index (χ4v) is 5.83. The van der Waals surface area contributed by atoms with E-state index in [-0.39, 0.29) is 11.6 Å². The number of aromatic nitrogens is 1. The fourth-order valence-electron chi connectivity index (χ4n) is 5.83. The second kappa shape index (κ2) is 8.83. The van der Waals surface area contributed by atoms with Gasteiger partial charge in [0.25, 0.3) is 0 Å². The Morgan fingerprint density at radius 1 is 1.09 bits per heavy atom. The lowest BCUT2D eigenvalue weighted by Crippen LogP contribution is -2.50. The molecule has 1 unspecified atom stereocenters. The molecule has 6 nitrogen and oxygen atoms in total. The molecule has 6 heteroatoms. The average Bonchev–Trinajstić information content (AvgIpc) is 3.36. The number of urea groups is 1. The molecule has 2 fully saturated rings. The number of β-amino-alcohol motifs (C(OH)–C–C–N with tert-alkyl or cyclic N) is 1. The van der Waals surface area contributed by atoms with E-state index in [0.717, 1.165) is 63.0 Å². The Morgan fingerprint density at radius 2 is 1.88 bits per heavy atom. The van der Waals surface area contributed by atoms with Crippen LogP contribution in [0.5, 0.6) is 0 Å². The summed E-state index contributed by atoms with van der Waals surface area (Å²) >= 11 is 0. The summed E-state index contributed by atoms with van der Waals surface area (Å²) in [5.41, 5.74) is 4.70. The van der Waals surface area contributed by atoms with Crippen LogP contribution in [0.15, 0.2) is 42.6 Å². The summed E-state index contributed by atoms with van der Waals surface area (Å²) in [5.74, 6) is 0. The molecule has 3 heterocycles. The molecule has 1 aliphatic carbocycles. The molecule has 170 valence electrons. The first-order valence-corrected chi connectivity index (χ1v) is 12.0. The SMILES string of the molecule is Cc1ccc(CN2CC3(CCCC3)N(CC(O)CN3CCc4ccccc4C3)C2=O)cn1. The number of rotatable bonds is 6. The summed E-state index contributed by atoms with van der Waals surface area (Å²) in [4.78, 5) is 24.1. The van der Waals surface area contributed by atoms with E-state index in [1.807, 2.05) is 29.0 Å². The largest absolute Gasteiger partial charge is 0.390 e. The van der Waals surface area contributed by atoms with Gasteiger partial charge in [0, 0.05) is 44.6 Å². The van der Waals surface area contributed by atoms with Crippen molar-refractivity contribution in [1.82, 2.24) is 19.7 Å². The summed E-state index contributed by atoms with van der Waals surface area (Å²) in [6.45, 7) is 6.17. The first kappa shape index (κ1) is 21.4. The van der Waals surface area contributed by atoms with Gasteiger partial charge >= 0.3 is 6.03 Å². The molecule has 32 heavy (non-hydrogen) atoms. The number of amides is 2. The van der Waals surface area contributed by atoms with E-state index in [4.69, 9.17) is 0 Å². The number of hydrogen-bond donors (Lipinski definition) is 1. The number of aliphatic hydroxyl groups excluding tert-OH is 1. The molecule has 1 atom stereocenters. The zero-order valence-electron chi connectivity index (χ0n) is 19.0. The molecule has 1 spiro atoms. The average molecular weight is 435 g/mol. The Labute approximate surface area is 190 Å². The van der Waals surface area contributed by atoms with E-state index < -0.39 is 6.10 Å². The van der Waals surface area contributed by atoms with Gasteiger partial charge in [0.15, 0.2) is 0 Å². The van der Waals surface area contributed by atoms with Crippen LogP contribution in [0, 0.1) is 6.92 Å². The molecule has 0 radical (unpaired) electrons. The first-order chi connectivity index (χ1) is 15.5. The number of carbonyl (C=O) groups excluding carboxylic acids is 1. The lowest BCUT2D eigenvalue weighted by molar-refractivity contribution is 0.0553. The van der Waals surface area contributed by atoms with E-state index in [1.165, 1.54) is 11.1 Å². The zero-order valence-corrected chi connectivity index (χ0v) is 19.0. The van der Waals surface area contributed by atoms with Crippen LogP contribution in [0.3, 0.4) is 0 Å². The highest BCUT2D eigenvalue weighted by atomic mass is 16.3. The van der Waals surface area contributed by atoms with Crippen LogP contribution in [0.1, 0.15) is 48.1 Å². The van der Waals surface area contributed by atoms with E-state index >= 15 is 0 Å². The number of nitrogens with zero attached hydrogens (tertiary/aromatic N) is 4. The summed E-state index contributed by atoms with van der Waals surface area (Å²) in [6, 6.07) is 12.7. The Balaban J connectivity index is 1.25. The van der Waals surface area contributed by atoms with Crippen molar-refractivity contribution >= 4 is 6.03 Å². The molecule has 2 aromatic rings. The van der Waals surface area contributed by atoms with Gasteiger partial charge in [-0.2, -0.15) is 0 Å². The highest BCUT2D eigenvalue weighted by Crippen LogP contribution is 2.41. The van der Waals surface area contributed by atoms with Crippen LogP contribution >= 0.6 is 0 Å². The summed E-state index contributed by atoms with van der Waals surface area (Å²) in [6.07, 6.45) is 6.73. The van der Waals surface area contributed by atoms with Crippen molar-refractivity contribution in [1.29, 1.82) is 0 Å². The maximum atomic E-state index is 13.4. The van der Waals surface area contributed by atoms with E-state index in [9.17, 15) is 9.90 Å². The molecule has 0 bridgehead atoms. The zero-order chi connectivity index (χ0) is 22.1. The monoisotopic (exact) mass is 434 g/mol. The third-order valence-corrected chi connectivity index (χ3v) is 7.51. The van der Waals surface area contributed by atoms with Crippen LogP contribution in [0.25, 0.3) is 0 Å². The molecule has 1 aromatic heterocycles. The Hall–Kier alpha value is -2.44. The van der Waals surface area contributed by atoms with Gasteiger partial charge in [-0.3, -0.25) is 9.88 Å². The number of carbonyl (C=O) groups is 1. The van der Waals surface area contributed by atoms with Gasteiger partial charge < -0.3 is 14.9 Å². The van der Waals surface area contributed by atoms with Crippen molar-refractivity contribution in [3.8, 4) is 0 Å². The number of pyridine rings is 1. The third kappa shape index (κ3) is 4.26. The van der Waals surface area contributed by atoms with Gasteiger partial charge in [-0.25, -0.2) is 4.79 Å². The van der Waals surface area contributed by atoms with Gasteiger partial charge in [0.05, 0.1) is 18.2 Å². The molecule has 3 aliphatic rings. The molecule has 5 rings (SSSR count). The quantitative estimate of drug-likeness (QED) is 0.757. The van der Waals surface area contributed by atoms with Gasteiger partial charge in [0.1, 0.15) is 0 Å². The normalized spacial score (nSPS) is 21.4. The number of aryl methyl sites for hydroxylation is 1. The van der Waals surface area contributed by atoms with Crippen molar-refractivity contribution in [3.63, 3.8) is 0 Å². The maximum absolute atomic E-state index is 13.4. The van der Waals surface area contributed by atoms with Crippen molar-refractivity contribution in [2.45, 2.75) is 63.8 Å². The van der Waals surface area contributed by atoms with Gasteiger partial charge in [-0.1, -0.05) is 43.2 Å². The third-order valence-electron chi connectivity index (χ3n) is 7.51. The first-order valence-electron chi connectivity index (χ1n) is 12.0. The highest BCUT2D eigenvalue weighted by molar-refractivity contribution is 5.78. The fraction of sp³-hybridized carbons (Fsp3) is 0.538. The minimum atomic E-state index is -0.539. The molecular formula is C26H34N4O2. The van der Waals surface area contributed by atoms with Gasteiger partial charge in [-0.05, 0) is 48.9 Å². The molecule has 1 aromatic carbocycles. The topological polar surface area (TPSA) is 59.9 Å². The van der Waals surface area contributed by atoms with Crippen LogP contribution in [0.2, 0.25) is 0 Å². The summed E-state index contributed by atoms with van der Waals surface area (Å²) in [5, 5.41) is 11.0. The second-order valence-corrected chi connectivity index (χ2v) is 9.90. The van der Waals surface area contributed by atoms with E-state index in [1.54, 1.807) is 0 Å². The van der Waals surface area contributed by atoms with Crippen molar-refractivity contribution in [3.05, 3.63) is 65.0 Å². The predicted octanol–water partition coefficient (Wildman–Crippen LogP) is 3.36. The smallest absolute Gasteiger partial charge is 0.321 e. The van der Waals surface area contributed by atoms with Crippen LogP contribution < -0.4 is 0 Å². The van der Waals surface area contributed by atoms with E-state index in [2.05, 4.69) is 40.2 Å². The molecule has 1 N–H and O–H groups in total. The molecule has 2 aliphatic heterocycles. The number of fused-ring (bicyclic) bond motifs is 1. The van der Waals surface area contributed by atoms with Crippen LogP contribution in [0.4, 0.5) is 4.79 Å². The lowest BCUT2D eigenvalue weighted by atomic mass is 9.96. The van der Waals surface area contributed by atoms with Crippen LogP contribution in [-0.2, 0) is 19.5 Å². The van der Waals surface area contributed by atoms with Crippen molar-refractivity contribution in [2.75, 3.05) is 26.2 Å². The number of benzene rings is 1. The summed E-state index contributed by atoms with van der Waals surface area (Å²) < 4.78 is 0. The maximum Gasteiger partial charge on any atom is 0.321 e. The Kier molecular flexibility index (Phi) is 5.91. The van der Waals surface area contributed by atoms with Gasteiger partial charge in [-0.15, -0.1) is 0 Å². The second-order valence-electron chi connectivity index (χ2n) is 9.90. The molecule has 2 amide bonds. The van der Waals surface area contributed by atoms with E-state index in [0.29, 0.717) is 19.6 Å². The van der Waals surface area contributed by atoms with Crippen LogP contribution in [-0.4, -0.2) is 68.6 Å². The predicted molar refractivity (Wildman–Crippen MR) is 124 cm³/mol. The lowest BCUT2D eigenvalue weighted by Gasteiger charge is -2.36. The Bertz CT molecular complexity index is 955. The summed E-state index contributed by atoms with van der Waals surface area (Å²) in [7, 11) is 0.